The fourth-order valence-electron chi connectivity index (χ4n) is 4.54. The molecule has 180 valence electrons. The first-order chi connectivity index (χ1) is 16.6. The second kappa shape index (κ2) is 8.64. The number of halogens is 4. The quantitative estimate of drug-likeness (QED) is 0.284. The first-order valence-electron chi connectivity index (χ1n) is 11.0. The number of alkyl halides is 3. The van der Waals surface area contributed by atoms with E-state index >= 15 is 0 Å². The molecule has 0 bridgehead atoms. The molecule has 0 saturated heterocycles. The van der Waals surface area contributed by atoms with E-state index in [0.717, 1.165) is 34.2 Å². The number of benzene rings is 3. The summed E-state index contributed by atoms with van der Waals surface area (Å²) < 4.78 is 50.8. The number of nitrogens with zero attached hydrogens (tertiary/aromatic N) is 1. The predicted molar refractivity (Wildman–Crippen MR) is 129 cm³/mol. The Bertz CT molecular complexity index is 1500. The van der Waals surface area contributed by atoms with Gasteiger partial charge < -0.3 is 14.1 Å². The molecule has 4 aromatic rings. The minimum atomic E-state index is -4.47. The molecule has 0 unspecified atom stereocenters. The van der Waals surface area contributed by atoms with Crippen LogP contribution >= 0.6 is 11.6 Å². The van der Waals surface area contributed by atoms with Crippen LogP contribution in [0.4, 0.5) is 18.9 Å². The van der Waals surface area contributed by atoms with Crippen LogP contribution in [-0.2, 0) is 19.1 Å². The number of rotatable bonds is 3. The Morgan fingerprint density at radius 1 is 1.03 bits per heavy atom. The van der Waals surface area contributed by atoms with E-state index in [0.29, 0.717) is 41.1 Å². The molecule has 8 heteroatoms. The van der Waals surface area contributed by atoms with Gasteiger partial charge in [0.1, 0.15) is 11.3 Å². The number of ether oxygens (including phenoxy) is 1. The maximum atomic E-state index is 13.0. The third kappa shape index (κ3) is 4.25. The van der Waals surface area contributed by atoms with Crippen molar-refractivity contribution in [2.24, 2.45) is 0 Å². The van der Waals surface area contributed by atoms with Crippen LogP contribution in [0, 0.1) is 13.8 Å². The lowest BCUT2D eigenvalue weighted by Gasteiger charge is -2.32. The van der Waals surface area contributed by atoms with Crippen molar-refractivity contribution >= 4 is 28.3 Å². The van der Waals surface area contributed by atoms with E-state index in [2.05, 4.69) is 0 Å². The predicted octanol–water partition coefficient (Wildman–Crippen LogP) is 7.03. The molecular weight excluding hydrogens is 479 g/mol. The average molecular weight is 500 g/mol. The van der Waals surface area contributed by atoms with Gasteiger partial charge in [0.25, 0.3) is 0 Å². The first-order valence-corrected chi connectivity index (χ1v) is 11.4. The molecule has 0 amide bonds. The minimum absolute atomic E-state index is 0.00305. The summed E-state index contributed by atoms with van der Waals surface area (Å²) in [5, 5.41) is 0.799. The SMILES string of the molecule is Cc1c(Cc2ccccc2)c(=O)oc2c(C)c3c(cc12)CN(c1ccc(C(F)(F)F)cc1Cl)CO3. The highest BCUT2D eigenvalue weighted by molar-refractivity contribution is 6.33. The van der Waals surface area contributed by atoms with Crippen LogP contribution in [0.5, 0.6) is 5.75 Å². The van der Waals surface area contributed by atoms with Crippen LogP contribution in [0.2, 0.25) is 5.02 Å². The summed E-state index contributed by atoms with van der Waals surface area (Å²) in [5.41, 5.74) is 3.70. The van der Waals surface area contributed by atoms with Gasteiger partial charge in [0, 0.05) is 35.0 Å². The minimum Gasteiger partial charge on any atom is -0.472 e. The van der Waals surface area contributed by atoms with Gasteiger partial charge in [0.15, 0.2) is 6.73 Å². The molecule has 5 rings (SSSR count). The van der Waals surface area contributed by atoms with Crippen molar-refractivity contribution in [2.75, 3.05) is 11.6 Å². The number of aryl methyl sites for hydroxylation is 2. The Kier molecular flexibility index (Phi) is 5.75. The second-order valence-electron chi connectivity index (χ2n) is 8.66. The van der Waals surface area contributed by atoms with Crippen molar-refractivity contribution in [2.45, 2.75) is 33.0 Å². The zero-order valence-corrected chi connectivity index (χ0v) is 19.8. The Hall–Kier alpha value is -3.45. The molecule has 0 spiro atoms. The number of anilines is 1. The van der Waals surface area contributed by atoms with Gasteiger partial charge in [-0.05, 0) is 49.2 Å². The first kappa shape index (κ1) is 23.3. The summed E-state index contributed by atoms with van der Waals surface area (Å²) in [6, 6.07) is 14.9. The molecule has 1 aliphatic heterocycles. The highest BCUT2D eigenvalue weighted by atomic mass is 35.5. The second-order valence-corrected chi connectivity index (χ2v) is 9.06. The zero-order chi connectivity index (χ0) is 24.9. The smallest absolute Gasteiger partial charge is 0.416 e. The zero-order valence-electron chi connectivity index (χ0n) is 19.0. The van der Waals surface area contributed by atoms with E-state index < -0.39 is 11.7 Å². The van der Waals surface area contributed by atoms with E-state index in [9.17, 15) is 18.0 Å². The van der Waals surface area contributed by atoms with Gasteiger partial charge >= 0.3 is 11.8 Å². The van der Waals surface area contributed by atoms with Gasteiger partial charge in [-0.25, -0.2) is 4.79 Å². The summed E-state index contributed by atoms with van der Waals surface area (Å²) in [4.78, 5) is 14.6. The van der Waals surface area contributed by atoms with Gasteiger partial charge in [0.2, 0.25) is 0 Å². The van der Waals surface area contributed by atoms with Crippen LogP contribution in [0.3, 0.4) is 0 Å². The van der Waals surface area contributed by atoms with Crippen LogP contribution < -0.4 is 15.3 Å². The van der Waals surface area contributed by atoms with Gasteiger partial charge in [-0.15, -0.1) is 0 Å². The van der Waals surface area contributed by atoms with Crippen molar-refractivity contribution in [3.8, 4) is 5.75 Å². The molecule has 0 saturated carbocycles. The number of hydrogen-bond acceptors (Lipinski definition) is 4. The highest BCUT2D eigenvalue weighted by Gasteiger charge is 2.32. The monoisotopic (exact) mass is 499 g/mol. The molecule has 4 nitrogen and oxygen atoms in total. The van der Waals surface area contributed by atoms with E-state index in [1.54, 1.807) is 4.90 Å². The third-order valence-corrected chi connectivity index (χ3v) is 6.70. The van der Waals surface area contributed by atoms with Crippen molar-refractivity contribution < 1.29 is 22.3 Å². The van der Waals surface area contributed by atoms with Crippen molar-refractivity contribution in [1.82, 2.24) is 0 Å². The van der Waals surface area contributed by atoms with Gasteiger partial charge in [0.05, 0.1) is 16.3 Å². The average Bonchev–Trinajstić information content (AvgIpc) is 2.82. The molecule has 0 radical (unpaired) electrons. The molecule has 0 atom stereocenters. The van der Waals surface area contributed by atoms with Crippen LogP contribution in [-0.4, -0.2) is 6.73 Å². The normalized spacial score (nSPS) is 13.6. The topological polar surface area (TPSA) is 42.7 Å². The van der Waals surface area contributed by atoms with Gasteiger partial charge in [-0.2, -0.15) is 13.2 Å². The lowest BCUT2D eigenvalue weighted by molar-refractivity contribution is -0.137. The molecule has 0 fully saturated rings. The Morgan fingerprint density at radius 2 is 1.77 bits per heavy atom. The highest BCUT2D eigenvalue weighted by Crippen LogP contribution is 2.40. The van der Waals surface area contributed by atoms with Crippen LogP contribution in [0.1, 0.15) is 33.4 Å². The summed E-state index contributed by atoms with van der Waals surface area (Å²) in [6.07, 6.45) is -4.02. The molecule has 0 aliphatic carbocycles. The largest absolute Gasteiger partial charge is 0.472 e. The van der Waals surface area contributed by atoms with E-state index in [1.165, 1.54) is 6.07 Å². The summed E-state index contributed by atoms with van der Waals surface area (Å²) in [7, 11) is 0. The van der Waals surface area contributed by atoms with Crippen molar-refractivity contribution in [3.63, 3.8) is 0 Å². The third-order valence-electron chi connectivity index (χ3n) is 6.40. The maximum Gasteiger partial charge on any atom is 0.416 e. The Labute approximate surface area is 204 Å². The molecule has 2 heterocycles. The Balaban J connectivity index is 1.55. The molecule has 3 aromatic carbocycles. The van der Waals surface area contributed by atoms with Crippen LogP contribution in [0.25, 0.3) is 11.0 Å². The fourth-order valence-corrected chi connectivity index (χ4v) is 4.84. The van der Waals surface area contributed by atoms with Crippen LogP contribution in [0.15, 0.2) is 63.8 Å². The van der Waals surface area contributed by atoms with E-state index in [-0.39, 0.29) is 17.4 Å². The summed E-state index contributed by atoms with van der Waals surface area (Å²) in [5.74, 6) is 0.607. The molecule has 1 aliphatic rings. The molecule has 0 N–H and O–H groups in total. The lowest BCUT2D eigenvalue weighted by Crippen LogP contribution is -2.32. The lowest BCUT2D eigenvalue weighted by atomic mass is 9.96. The fraction of sp³-hybridized carbons (Fsp3) is 0.222. The number of fused-ring (bicyclic) bond motifs is 2. The van der Waals surface area contributed by atoms with E-state index in [4.69, 9.17) is 20.8 Å². The standard InChI is InChI=1S/C27H21ClF3NO3/c1-15-20-11-18-13-32(23-9-8-19(12-22(23)28)27(29,30)31)14-34-24(18)16(2)25(20)35-26(33)21(15)10-17-6-4-3-5-7-17/h3-9,11-12H,10,13-14H2,1-2H3. The molecule has 1 aromatic heterocycles. The maximum absolute atomic E-state index is 13.0. The molecular formula is C27H21ClF3NO3. The van der Waals surface area contributed by atoms with Gasteiger partial charge in [-0.3, -0.25) is 0 Å². The number of hydrogen-bond donors (Lipinski definition) is 0. The van der Waals surface area contributed by atoms with Gasteiger partial charge in [-0.1, -0.05) is 41.9 Å². The summed E-state index contributed by atoms with van der Waals surface area (Å²) >= 11 is 6.22. The molecule has 35 heavy (non-hydrogen) atoms. The van der Waals surface area contributed by atoms with Crippen molar-refractivity contribution in [3.05, 3.63) is 103 Å². The van der Waals surface area contributed by atoms with Crippen molar-refractivity contribution in [1.29, 1.82) is 0 Å². The van der Waals surface area contributed by atoms with E-state index in [1.807, 2.05) is 50.2 Å². The Morgan fingerprint density at radius 3 is 2.46 bits per heavy atom. The summed E-state index contributed by atoms with van der Waals surface area (Å²) in [6.45, 7) is 4.21.